The Balaban J connectivity index is 0.00000176. The van der Waals surface area contributed by atoms with Crippen LogP contribution in [-0.2, 0) is 0 Å². The van der Waals surface area contributed by atoms with Crippen molar-refractivity contribution >= 4 is 19.1 Å². The van der Waals surface area contributed by atoms with Crippen molar-refractivity contribution in [1.82, 2.24) is 15.0 Å². The smallest absolute Gasteiger partial charge is 0.534 e. The van der Waals surface area contributed by atoms with Crippen molar-refractivity contribution in [2.75, 3.05) is 0 Å². The van der Waals surface area contributed by atoms with Gasteiger partial charge < -0.3 is 9.42 Å². The average Bonchev–Trinajstić information content (AvgIpc) is 2.88. The summed E-state index contributed by atoms with van der Waals surface area (Å²) in [5, 5.41) is 8.53. The Labute approximate surface area is 143 Å². The van der Waals surface area contributed by atoms with Gasteiger partial charge in [-0.05, 0) is 12.1 Å². The molecule has 22 heavy (non-hydrogen) atoms. The first-order valence-corrected chi connectivity index (χ1v) is 10.5. The summed E-state index contributed by atoms with van der Waals surface area (Å²) in [5.74, 6) is 1.72. The van der Waals surface area contributed by atoms with Gasteiger partial charge in [0, 0.05) is 11.4 Å². The number of benzene rings is 2. The quantitative estimate of drug-likeness (QED) is 0.527. The van der Waals surface area contributed by atoms with Crippen molar-refractivity contribution in [3.8, 4) is 5.75 Å². The van der Waals surface area contributed by atoms with Gasteiger partial charge >= 0.3 is 18.9 Å². The standard InChI is InChI=1S/C16H18N3OSi.Li/c1-21(2,3)16(20-13-9-5-4-6-10-13)19-15-12-8-7-11-14(15)17-18-19;/h4-12H,1-3H3;/q-1;+1. The zero-order valence-electron chi connectivity index (χ0n) is 13.4. The molecule has 2 aromatic carbocycles. The Morgan fingerprint density at radius 3 is 2.27 bits per heavy atom. The Morgan fingerprint density at radius 1 is 0.955 bits per heavy atom. The van der Waals surface area contributed by atoms with Crippen LogP contribution in [0.4, 0.5) is 0 Å². The molecule has 0 N–H and O–H groups in total. The zero-order chi connectivity index (χ0) is 14.9. The normalized spacial score (nSPS) is 11.0. The number of hydrogen-bond acceptors (Lipinski definition) is 3. The summed E-state index contributed by atoms with van der Waals surface area (Å²) in [6.07, 6.45) is 0. The third kappa shape index (κ3) is 3.38. The average molecular weight is 303 g/mol. The number of para-hydroxylation sites is 2. The minimum atomic E-state index is -1.74. The van der Waals surface area contributed by atoms with Gasteiger partial charge in [0.05, 0.1) is 8.07 Å². The van der Waals surface area contributed by atoms with Crippen molar-refractivity contribution in [2.45, 2.75) is 19.6 Å². The van der Waals surface area contributed by atoms with Gasteiger partial charge in [-0.15, -0.1) is 6.07 Å². The molecule has 0 atom stereocenters. The van der Waals surface area contributed by atoms with Crippen molar-refractivity contribution in [2.24, 2.45) is 0 Å². The molecule has 0 saturated carbocycles. The molecule has 3 aromatic rings. The second-order valence-corrected chi connectivity index (χ2v) is 10.9. The van der Waals surface area contributed by atoms with Crippen molar-refractivity contribution in [3.63, 3.8) is 0 Å². The molecule has 0 bridgehead atoms. The number of ether oxygens (including phenoxy) is 1. The second kappa shape index (κ2) is 6.61. The second-order valence-electron chi connectivity index (χ2n) is 5.96. The summed E-state index contributed by atoms with van der Waals surface area (Å²) in [7, 11) is -1.74. The number of aromatic nitrogens is 3. The van der Waals surface area contributed by atoms with Crippen molar-refractivity contribution < 1.29 is 23.6 Å². The molecule has 1 aromatic heterocycles. The number of rotatable bonds is 4. The number of fused-ring (bicyclic) bond motifs is 1. The van der Waals surface area contributed by atoms with E-state index in [4.69, 9.17) is 4.74 Å². The van der Waals surface area contributed by atoms with E-state index in [1.54, 1.807) is 0 Å². The Morgan fingerprint density at radius 2 is 1.59 bits per heavy atom. The van der Waals surface area contributed by atoms with Crippen molar-refractivity contribution in [3.05, 3.63) is 60.4 Å². The van der Waals surface area contributed by atoms with Gasteiger partial charge in [0.2, 0.25) is 0 Å². The molecule has 6 heteroatoms. The fourth-order valence-electron chi connectivity index (χ4n) is 2.13. The van der Waals surface area contributed by atoms with Gasteiger partial charge in [-0.25, -0.2) is 0 Å². The number of hydrogen-bond donors (Lipinski definition) is 0. The summed E-state index contributed by atoms with van der Waals surface area (Å²) >= 11 is 0. The minimum absolute atomic E-state index is 0. The maximum absolute atomic E-state index is 6.17. The zero-order valence-corrected chi connectivity index (χ0v) is 14.4. The van der Waals surface area contributed by atoms with Gasteiger partial charge in [-0.3, -0.25) is 0 Å². The minimum Gasteiger partial charge on any atom is -0.534 e. The number of nitrogens with zero attached hydrogens (tertiary/aromatic N) is 3. The maximum atomic E-state index is 6.17. The predicted octanol–water partition coefficient (Wildman–Crippen LogP) is 0.729. The molecule has 108 valence electrons. The molecule has 0 radical (unpaired) electrons. The van der Waals surface area contributed by atoms with Crippen LogP contribution < -0.4 is 23.6 Å². The van der Waals surface area contributed by atoms with Crippen LogP contribution in [0.5, 0.6) is 5.75 Å². The van der Waals surface area contributed by atoms with Gasteiger partial charge in [0.1, 0.15) is 5.75 Å². The molecule has 0 amide bonds. The van der Waals surface area contributed by atoms with Crippen LogP contribution in [0.2, 0.25) is 19.6 Å². The summed E-state index contributed by atoms with van der Waals surface area (Å²) in [4.78, 5) is 0. The third-order valence-electron chi connectivity index (χ3n) is 3.14. The molecule has 0 aliphatic rings. The van der Waals surface area contributed by atoms with Crippen LogP contribution in [0.1, 0.15) is 0 Å². The van der Waals surface area contributed by atoms with Crippen LogP contribution in [-0.4, -0.2) is 23.1 Å². The topological polar surface area (TPSA) is 39.9 Å². The first-order chi connectivity index (χ1) is 10.1. The van der Waals surface area contributed by atoms with Crippen LogP contribution in [0, 0.1) is 5.85 Å². The van der Waals surface area contributed by atoms with E-state index in [-0.39, 0.29) is 18.9 Å². The molecular formula is C16H18LiN3OSi. The monoisotopic (exact) mass is 303 g/mol. The molecule has 0 unspecified atom stereocenters. The molecule has 3 rings (SSSR count). The van der Waals surface area contributed by atoms with Crippen LogP contribution >= 0.6 is 0 Å². The first-order valence-electron chi connectivity index (χ1n) is 6.97. The van der Waals surface area contributed by atoms with E-state index in [1.807, 2.05) is 59.3 Å². The molecule has 0 spiro atoms. The molecule has 0 aliphatic heterocycles. The van der Waals surface area contributed by atoms with E-state index < -0.39 is 8.07 Å². The summed E-state index contributed by atoms with van der Waals surface area (Å²) in [5.41, 5.74) is 1.86. The SMILES string of the molecule is C[Si](C)(C)[C-](Oc1ccccc1)n1nnc2ccccc21.[Li+]. The van der Waals surface area contributed by atoms with Crippen molar-refractivity contribution in [1.29, 1.82) is 0 Å². The Kier molecular flexibility index (Phi) is 5.02. The van der Waals surface area contributed by atoms with Crippen LogP contribution in [0.25, 0.3) is 11.0 Å². The van der Waals surface area contributed by atoms with Gasteiger partial charge in [-0.2, -0.15) is 5.10 Å². The van der Waals surface area contributed by atoms with Crippen LogP contribution in [0.3, 0.4) is 0 Å². The molecule has 0 fully saturated rings. The fourth-order valence-corrected chi connectivity index (χ4v) is 3.36. The summed E-state index contributed by atoms with van der Waals surface area (Å²) in [6.45, 7) is 6.71. The van der Waals surface area contributed by atoms with E-state index in [0.29, 0.717) is 0 Å². The van der Waals surface area contributed by atoms with Crippen LogP contribution in [0.15, 0.2) is 54.6 Å². The Hall–Kier alpha value is -1.68. The summed E-state index contributed by atoms with van der Waals surface area (Å²) in [6, 6.07) is 17.8. The molecule has 0 aliphatic carbocycles. The predicted molar refractivity (Wildman–Crippen MR) is 86.6 cm³/mol. The van der Waals surface area contributed by atoms with E-state index in [0.717, 1.165) is 22.6 Å². The fraction of sp³-hybridized carbons (Fsp3) is 0.188. The maximum Gasteiger partial charge on any atom is 1.00 e. The Bertz CT molecular complexity index is 740. The largest absolute Gasteiger partial charge is 1.00 e. The van der Waals surface area contributed by atoms with E-state index in [2.05, 4.69) is 30.0 Å². The first kappa shape index (κ1) is 16.7. The molecule has 0 saturated heterocycles. The molecule has 4 nitrogen and oxygen atoms in total. The van der Waals surface area contributed by atoms with E-state index in [1.165, 1.54) is 0 Å². The van der Waals surface area contributed by atoms with Gasteiger partial charge in [0.25, 0.3) is 0 Å². The van der Waals surface area contributed by atoms with E-state index in [9.17, 15) is 0 Å². The van der Waals surface area contributed by atoms with E-state index >= 15 is 0 Å². The third-order valence-corrected chi connectivity index (χ3v) is 4.74. The van der Waals surface area contributed by atoms with Gasteiger partial charge in [-0.1, -0.05) is 66.8 Å². The van der Waals surface area contributed by atoms with Gasteiger partial charge in [0.15, 0.2) is 0 Å². The molecule has 1 heterocycles. The summed E-state index contributed by atoms with van der Waals surface area (Å²) < 4.78 is 8.01. The molecular weight excluding hydrogens is 285 g/mol.